The lowest BCUT2D eigenvalue weighted by atomic mass is 10.1. The Bertz CT molecular complexity index is 849. The van der Waals surface area contributed by atoms with E-state index in [4.69, 9.17) is 9.47 Å². The maximum absolute atomic E-state index is 5.54. The molecule has 0 saturated carbocycles. The van der Waals surface area contributed by atoms with Crippen molar-refractivity contribution in [1.29, 1.82) is 0 Å². The van der Waals surface area contributed by atoms with Crippen LogP contribution in [0.25, 0.3) is 0 Å². The molecule has 3 nitrogen and oxygen atoms in total. The van der Waals surface area contributed by atoms with Crippen molar-refractivity contribution in [1.82, 2.24) is 4.90 Å². The van der Waals surface area contributed by atoms with E-state index in [9.17, 15) is 0 Å². The van der Waals surface area contributed by atoms with Crippen LogP contribution >= 0.6 is 0 Å². The van der Waals surface area contributed by atoms with E-state index in [1.807, 2.05) is 6.07 Å². The van der Waals surface area contributed by atoms with Gasteiger partial charge in [0.15, 0.2) is 11.5 Å². The molecule has 0 atom stereocenters. The molecule has 1 aliphatic rings. The number of rotatable bonds is 8. The minimum absolute atomic E-state index is 0.323. The summed E-state index contributed by atoms with van der Waals surface area (Å²) in [7, 11) is 0. The summed E-state index contributed by atoms with van der Waals surface area (Å²) in [4.78, 5) is 2.51. The van der Waals surface area contributed by atoms with Gasteiger partial charge in [-0.25, -0.2) is 0 Å². The largest absolute Gasteiger partial charge is 0.454 e. The third-order valence-corrected chi connectivity index (χ3v) is 4.87. The zero-order valence-electron chi connectivity index (χ0n) is 15.5. The van der Waals surface area contributed by atoms with E-state index in [1.54, 1.807) is 0 Å². The van der Waals surface area contributed by atoms with Crippen LogP contribution in [0.15, 0.2) is 78.9 Å². The van der Waals surface area contributed by atoms with Gasteiger partial charge in [-0.3, -0.25) is 4.90 Å². The molecule has 0 amide bonds. The second-order valence-corrected chi connectivity index (χ2v) is 6.97. The highest BCUT2D eigenvalue weighted by Crippen LogP contribution is 2.33. The summed E-state index contributed by atoms with van der Waals surface area (Å²) in [6.07, 6.45) is 2.24. The maximum atomic E-state index is 5.54. The Balaban J connectivity index is 1.42. The molecule has 3 aromatic rings. The number of ether oxygens (including phenoxy) is 2. The van der Waals surface area contributed by atoms with Gasteiger partial charge in [0.2, 0.25) is 6.79 Å². The van der Waals surface area contributed by atoms with Crippen molar-refractivity contribution in [3.63, 3.8) is 0 Å². The van der Waals surface area contributed by atoms with Gasteiger partial charge in [-0.2, -0.15) is 0 Å². The van der Waals surface area contributed by atoms with Gasteiger partial charge in [0.25, 0.3) is 0 Å². The molecule has 138 valence electrons. The molecule has 0 radical (unpaired) electrons. The Morgan fingerprint density at radius 1 is 0.667 bits per heavy atom. The highest BCUT2D eigenvalue weighted by Gasteiger charge is 2.15. The first-order chi connectivity index (χ1) is 13.4. The molecule has 0 saturated heterocycles. The summed E-state index contributed by atoms with van der Waals surface area (Å²) in [6.45, 7) is 3.23. The topological polar surface area (TPSA) is 21.7 Å². The van der Waals surface area contributed by atoms with Crippen molar-refractivity contribution >= 4 is 0 Å². The second kappa shape index (κ2) is 8.74. The van der Waals surface area contributed by atoms with Crippen LogP contribution < -0.4 is 9.47 Å². The minimum Gasteiger partial charge on any atom is -0.454 e. The Kier molecular flexibility index (Phi) is 5.70. The van der Waals surface area contributed by atoms with Crippen molar-refractivity contribution in [3.05, 3.63) is 95.6 Å². The average molecular weight is 359 g/mol. The van der Waals surface area contributed by atoms with Gasteiger partial charge in [-0.15, -0.1) is 0 Å². The number of hydrogen-bond donors (Lipinski definition) is 0. The fourth-order valence-electron chi connectivity index (χ4n) is 3.50. The third-order valence-electron chi connectivity index (χ3n) is 4.87. The molecule has 0 fully saturated rings. The van der Waals surface area contributed by atoms with Gasteiger partial charge in [0.05, 0.1) is 0 Å². The minimum atomic E-state index is 0.323. The van der Waals surface area contributed by atoms with Gasteiger partial charge in [-0.1, -0.05) is 66.7 Å². The molecular weight excluding hydrogens is 334 g/mol. The molecule has 0 unspecified atom stereocenters. The average Bonchev–Trinajstić information content (AvgIpc) is 3.17. The van der Waals surface area contributed by atoms with Crippen molar-refractivity contribution in [3.8, 4) is 11.5 Å². The lowest BCUT2D eigenvalue weighted by Crippen LogP contribution is -2.24. The lowest BCUT2D eigenvalue weighted by molar-refractivity contribution is 0.174. The summed E-state index contributed by atoms with van der Waals surface area (Å²) in [5, 5.41) is 0. The van der Waals surface area contributed by atoms with Crippen LogP contribution in [0, 0.1) is 0 Å². The van der Waals surface area contributed by atoms with Gasteiger partial charge in [0, 0.05) is 13.1 Å². The third kappa shape index (κ3) is 4.89. The van der Waals surface area contributed by atoms with Gasteiger partial charge in [-0.05, 0) is 48.2 Å². The second-order valence-electron chi connectivity index (χ2n) is 6.97. The molecule has 0 spiro atoms. The highest BCUT2D eigenvalue weighted by molar-refractivity contribution is 5.44. The van der Waals surface area contributed by atoms with Crippen LogP contribution in [-0.4, -0.2) is 18.2 Å². The molecule has 0 N–H and O–H groups in total. The van der Waals surface area contributed by atoms with Crippen molar-refractivity contribution in [2.24, 2.45) is 0 Å². The predicted molar refractivity (Wildman–Crippen MR) is 108 cm³/mol. The van der Waals surface area contributed by atoms with Crippen LogP contribution in [0.4, 0.5) is 0 Å². The lowest BCUT2D eigenvalue weighted by Gasteiger charge is -2.23. The summed E-state index contributed by atoms with van der Waals surface area (Å²) in [6, 6.07) is 27.7. The Hall–Kier alpha value is -2.78. The molecule has 1 aliphatic heterocycles. The Morgan fingerprint density at radius 3 is 2.11 bits per heavy atom. The summed E-state index contributed by atoms with van der Waals surface area (Å²) < 4.78 is 11.0. The fraction of sp³-hybridized carbons (Fsp3) is 0.250. The van der Waals surface area contributed by atoms with Gasteiger partial charge in [0.1, 0.15) is 0 Å². The maximum Gasteiger partial charge on any atom is 0.231 e. The molecule has 0 aliphatic carbocycles. The van der Waals surface area contributed by atoms with Gasteiger partial charge >= 0.3 is 0 Å². The molecular formula is C24H25NO2. The number of nitrogens with zero attached hydrogens (tertiary/aromatic N) is 1. The van der Waals surface area contributed by atoms with E-state index in [1.165, 1.54) is 16.7 Å². The Morgan fingerprint density at radius 2 is 1.33 bits per heavy atom. The first-order valence-corrected chi connectivity index (χ1v) is 9.55. The van der Waals surface area contributed by atoms with Crippen LogP contribution in [0.5, 0.6) is 11.5 Å². The Labute approximate surface area is 161 Å². The molecule has 1 heterocycles. The molecule has 4 rings (SSSR count). The van der Waals surface area contributed by atoms with Crippen molar-refractivity contribution in [2.45, 2.75) is 25.9 Å². The van der Waals surface area contributed by atoms with E-state index in [0.29, 0.717) is 6.79 Å². The molecule has 3 aromatic carbocycles. The number of benzene rings is 3. The number of hydrogen-bond acceptors (Lipinski definition) is 3. The monoisotopic (exact) mass is 359 g/mol. The summed E-state index contributed by atoms with van der Waals surface area (Å²) in [5.41, 5.74) is 4.01. The van der Waals surface area contributed by atoms with Crippen LogP contribution in [0.3, 0.4) is 0 Å². The molecule has 0 aromatic heterocycles. The number of aryl methyl sites for hydroxylation is 1. The normalized spacial score (nSPS) is 12.5. The fourth-order valence-corrected chi connectivity index (χ4v) is 3.50. The SMILES string of the molecule is c1ccc(CCCN(Cc2ccccc2)Cc2ccc3c(c2)OCO3)cc1. The van der Waals surface area contributed by atoms with Crippen molar-refractivity contribution in [2.75, 3.05) is 13.3 Å². The molecule has 0 bridgehead atoms. The quantitative estimate of drug-likeness (QED) is 0.562. The van der Waals surface area contributed by atoms with E-state index in [-0.39, 0.29) is 0 Å². The zero-order valence-corrected chi connectivity index (χ0v) is 15.5. The smallest absolute Gasteiger partial charge is 0.231 e. The van der Waals surface area contributed by atoms with E-state index in [2.05, 4.69) is 77.7 Å². The van der Waals surface area contributed by atoms with E-state index < -0.39 is 0 Å². The van der Waals surface area contributed by atoms with E-state index >= 15 is 0 Å². The standard InChI is InChI=1S/C24H25NO2/c1-3-8-20(9-4-1)12-7-15-25(17-21-10-5-2-6-11-21)18-22-13-14-23-24(16-22)27-19-26-23/h1-6,8-11,13-14,16H,7,12,15,17-19H2. The first kappa shape index (κ1) is 17.6. The van der Waals surface area contributed by atoms with Gasteiger partial charge < -0.3 is 9.47 Å². The highest BCUT2D eigenvalue weighted by atomic mass is 16.7. The summed E-state index contributed by atoms with van der Waals surface area (Å²) in [5.74, 6) is 1.70. The van der Waals surface area contributed by atoms with Crippen LogP contribution in [-0.2, 0) is 19.5 Å². The van der Waals surface area contributed by atoms with Crippen LogP contribution in [0.2, 0.25) is 0 Å². The molecule has 3 heteroatoms. The molecule has 27 heavy (non-hydrogen) atoms. The summed E-state index contributed by atoms with van der Waals surface area (Å²) >= 11 is 0. The first-order valence-electron chi connectivity index (χ1n) is 9.55. The number of fused-ring (bicyclic) bond motifs is 1. The van der Waals surface area contributed by atoms with Crippen molar-refractivity contribution < 1.29 is 9.47 Å². The predicted octanol–water partition coefficient (Wildman–Crippen LogP) is 5.05. The van der Waals surface area contributed by atoms with Crippen LogP contribution in [0.1, 0.15) is 23.1 Å². The zero-order chi connectivity index (χ0) is 18.3. The van der Waals surface area contributed by atoms with E-state index in [0.717, 1.165) is 44.0 Å².